The van der Waals surface area contributed by atoms with E-state index in [1.54, 1.807) is 0 Å². The first kappa shape index (κ1) is 16.5. The molecule has 21 heavy (non-hydrogen) atoms. The molecule has 1 aromatic carbocycles. The number of benzene rings is 1. The van der Waals surface area contributed by atoms with Crippen LogP contribution < -0.4 is 5.32 Å². The van der Waals surface area contributed by atoms with Gasteiger partial charge < -0.3 is 10.1 Å². The van der Waals surface area contributed by atoms with Crippen molar-refractivity contribution in [2.45, 2.75) is 32.4 Å². The zero-order chi connectivity index (χ0) is 15.2. The van der Waals surface area contributed by atoms with E-state index in [2.05, 4.69) is 45.2 Å². The van der Waals surface area contributed by atoms with Crippen LogP contribution in [0.25, 0.3) is 0 Å². The first-order valence-corrected chi connectivity index (χ1v) is 8.35. The summed E-state index contributed by atoms with van der Waals surface area (Å²) >= 11 is 3.53. The van der Waals surface area contributed by atoms with Crippen LogP contribution in [0.1, 0.15) is 31.9 Å². The third-order valence-corrected chi connectivity index (χ3v) is 4.36. The number of hydrogen-bond acceptors (Lipinski definition) is 4. The maximum atomic E-state index is 12.2. The Labute approximate surface area is 135 Å². The van der Waals surface area contributed by atoms with Crippen molar-refractivity contribution in [1.82, 2.24) is 10.2 Å². The predicted molar refractivity (Wildman–Crippen MR) is 87.2 cm³/mol. The summed E-state index contributed by atoms with van der Waals surface area (Å²) in [7, 11) is 0. The van der Waals surface area contributed by atoms with Gasteiger partial charge in [-0.2, -0.15) is 0 Å². The average molecular weight is 355 g/mol. The Morgan fingerprint density at radius 1 is 1.52 bits per heavy atom. The van der Waals surface area contributed by atoms with Gasteiger partial charge in [0.25, 0.3) is 0 Å². The van der Waals surface area contributed by atoms with Crippen molar-refractivity contribution in [2.75, 3.05) is 26.2 Å². The number of rotatable bonds is 5. The van der Waals surface area contributed by atoms with Crippen molar-refractivity contribution >= 4 is 21.9 Å². The number of nitrogens with one attached hydrogen (secondary N) is 1. The zero-order valence-electron chi connectivity index (χ0n) is 12.6. The van der Waals surface area contributed by atoms with Gasteiger partial charge in [-0.05, 0) is 31.0 Å². The third-order valence-electron chi connectivity index (χ3n) is 3.86. The van der Waals surface area contributed by atoms with Gasteiger partial charge in [-0.15, -0.1) is 0 Å². The van der Waals surface area contributed by atoms with Gasteiger partial charge in [0.1, 0.15) is 6.04 Å². The highest BCUT2D eigenvalue weighted by Crippen LogP contribution is 2.29. The van der Waals surface area contributed by atoms with Crippen molar-refractivity contribution in [3.8, 4) is 0 Å². The maximum absolute atomic E-state index is 12.2. The van der Waals surface area contributed by atoms with Gasteiger partial charge >= 0.3 is 5.97 Å². The fourth-order valence-corrected chi connectivity index (χ4v) is 3.34. The monoisotopic (exact) mass is 354 g/mol. The molecule has 116 valence electrons. The lowest BCUT2D eigenvalue weighted by Gasteiger charge is -2.40. The zero-order valence-corrected chi connectivity index (χ0v) is 14.2. The number of ether oxygens (including phenoxy) is 1. The van der Waals surface area contributed by atoms with Crippen LogP contribution in [0.15, 0.2) is 28.7 Å². The summed E-state index contributed by atoms with van der Waals surface area (Å²) < 4.78 is 6.31. The van der Waals surface area contributed by atoms with Crippen LogP contribution >= 0.6 is 15.9 Å². The van der Waals surface area contributed by atoms with Crippen molar-refractivity contribution in [3.05, 3.63) is 34.3 Å². The van der Waals surface area contributed by atoms with Crippen LogP contribution in [0.2, 0.25) is 0 Å². The minimum atomic E-state index is -0.206. The molecular weight excluding hydrogens is 332 g/mol. The van der Waals surface area contributed by atoms with Gasteiger partial charge in [0, 0.05) is 30.1 Å². The van der Waals surface area contributed by atoms with E-state index in [4.69, 9.17) is 4.74 Å². The number of halogens is 1. The Morgan fingerprint density at radius 3 is 3.00 bits per heavy atom. The standard InChI is InChI=1S/C16H23BrN2O2/c1-3-14(12-6-5-7-13(17)10-12)19-9-8-18-11-15(19)16(20)21-4-2/h5-7,10,14-15,18H,3-4,8-9,11H2,1-2H3. The smallest absolute Gasteiger partial charge is 0.324 e. The summed E-state index contributed by atoms with van der Waals surface area (Å²) in [6, 6.07) is 8.36. The molecule has 1 N–H and O–H groups in total. The molecule has 2 unspecified atom stereocenters. The van der Waals surface area contributed by atoms with E-state index in [9.17, 15) is 4.79 Å². The van der Waals surface area contributed by atoms with Crippen LogP contribution in [0.3, 0.4) is 0 Å². The average Bonchev–Trinajstić information content (AvgIpc) is 2.49. The molecule has 0 saturated carbocycles. The first-order valence-electron chi connectivity index (χ1n) is 7.56. The third kappa shape index (κ3) is 4.05. The number of esters is 1. The highest BCUT2D eigenvalue weighted by molar-refractivity contribution is 9.10. The Balaban J connectivity index is 2.23. The fourth-order valence-electron chi connectivity index (χ4n) is 2.93. The van der Waals surface area contributed by atoms with Gasteiger partial charge in [0.2, 0.25) is 0 Å². The van der Waals surface area contributed by atoms with E-state index in [0.717, 1.165) is 24.0 Å². The molecule has 1 aliphatic heterocycles. The lowest BCUT2D eigenvalue weighted by molar-refractivity contribution is -0.151. The van der Waals surface area contributed by atoms with Gasteiger partial charge in [-0.3, -0.25) is 9.69 Å². The highest BCUT2D eigenvalue weighted by atomic mass is 79.9. The summed E-state index contributed by atoms with van der Waals surface area (Å²) in [5.41, 5.74) is 1.24. The highest BCUT2D eigenvalue weighted by Gasteiger charge is 2.34. The van der Waals surface area contributed by atoms with Crippen molar-refractivity contribution < 1.29 is 9.53 Å². The fraction of sp³-hybridized carbons (Fsp3) is 0.562. The summed E-state index contributed by atoms with van der Waals surface area (Å²) in [5.74, 6) is -0.127. The van der Waals surface area contributed by atoms with Crippen molar-refractivity contribution in [3.63, 3.8) is 0 Å². The molecule has 0 bridgehead atoms. The molecule has 5 heteroatoms. The largest absolute Gasteiger partial charge is 0.465 e. The first-order chi connectivity index (χ1) is 10.2. The quantitative estimate of drug-likeness (QED) is 0.825. The molecular formula is C16H23BrN2O2. The molecule has 4 nitrogen and oxygen atoms in total. The van der Waals surface area contributed by atoms with Crippen LogP contribution in [0, 0.1) is 0 Å². The molecule has 0 amide bonds. The molecule has 1 heterocycles. The van der Waals surface area contributed by atoms with E-state index in [0.29, 0.717) is 13.2 Å². The van der Waals surface area contributed by atoms with Crippen molar-refractivity contribution in [2.24, 2.45) is 0 Å². The molecule has 0 aromatic heterocycles. The Bertz CT molecular complexity index is 481. The van der Waals surface area contributed by atoms with E-state index in [1.165, 1.54) is 5.56 Å². The number of piperazine rings is 1. The summed E-state index contributed by atoms with van der Waals surface area (Å²) in [6.07, 6.45) is 0.965. The molecule has 2 rings (SSSR count). The van der Waals surface area contributed by atoms with Gasteiger partial charge in [0.15, 0.2) is 0 Å². The predicted octanol–water partition coefficient (Wildman–Crippen LogP) is 2.74. The van der Waals surface area contributed by atoms with Gasteiger partial charge in [-0.25, -0.2) is 0 Å². The lowest BCUT2D eigenvalue weighted by atomic mass is 9.99. The molecule has 0 spiro atoms. The second-order valence-corrected chi connectivity index (χ2v) is 6.10. The molecule has 0 aliphatic carbocycles. The van der Waals surface area contributed by atoms with Crippen LogP contribution in [0.4, 0.5) is 0 Å². The lowest BCUT2D eigenvalue weighted by Crippen LogP contribution is -2.56. The van der Waals surface area contributed by atoms with Crippen LogP contribution in [0.5, 0.6) is 0 Å². The summed E-state index contributed by atoms with van der Waals surface area (Å²) in [4.78, 5) is 14.5. The van der Waals surface area contributed by atoms with Gasteiger partial charge in [-0.1, -0.05) is 35.0 Å². The molecule has 0 radical (unpaired) electrons. The Kier molecular flexibility index (Phi) is 6.21. The maximum Gasteiger partial charge on any atom is 0.324 e. The molecule has 1 fully saturated rings. The van der Waals surface area contributed by atoms with E-state index >= 15 is 0 Å². The second kappa shape index (κ2) is 7.92. The number of nitrogens with zero attached hydrogens (tertiary/aromatic N) is 1. The van der Waals surface area contributed by atoms with Gasteiger partial charge in [0.05, 0.1) is 6.61 Å². The Morgan fingerprint density at radius 2 is 2.33 bits per heavy atom. The molecule has 1 aromatic rings. The normalized spacial score (nSPS) is 21.0. The minimum absolute atomic E-state index is 0.127. The molecule has 2 atom stereocenters. The van der Waals surface area contributed by atoms with E-state index in [1.807, 2.05) is 19.1 Å². The van der Waals surface area contributed by atoms with Crippen LogP contribution in [-0.2, 0) is 9.53 Å². The summed E-state index contributed by atoms with van der Waals surface area (Å²) in [5, 5.41) is 3.29. The Hall–Kier alpha value is -0.910. The number of carbonyl (C=O) groups is 1. The minimum Gasteiger partial charge on any atom is -0.465 e. The number of hydrogen-bond donors (Lipinski definition) is 1. The molecule has 1 aliphatic rings. The topological polar surface area (TPSA) is 41.6 Å². The SMILES string of the molecule is CCOC(=O)C1CNCCN1C(CC)c1cccc(Br)c1. The van der Waals surface area contributed by atoms with Crippen LogP contribution in [-0.4, -0.2) is 43.2 Å². The number of carbonyl (C=O) groups excluding carboxylic acids is 1. The summed E-state index contributed by atoms with van der Waals surface area (Å²) in [6.45, 7) is 6.86. The second-order valence-electron chi connectivity index (χ2n) is 5.19. The molecule has 1 saturated heterocycles. The van der Waals surface area contributed by atoms with Crippen molar-refractivity contribution in [1.29, 1.82) is 0 Å². The van der Waals surface area contributed by atoms with E-state index < -0.39 is 0 Å². The van der Waals surface area contributed by atoms with E-state index in [-0.39, 0.29) is 18.1 Å².